The van der Waals surface area contributed by atoms with Gasteiger partial charge in [0.1, 0.15) is 11.8 Å². The molecule has 2 aliphatic rings. The van der Waals surface area contributed by atoms with Crippen LogP contribution in [-0.4, -0.2) is 37.1 Å². The van der Waals surface area contributed by atoms with Crippen LogP contribution < -0.4 is 9.47 Å². The van der Waals surface area contributed by atoms with Crippen LogP contribution in [-0.2, 0) is 11.2 Å². The van der Waals surface area contributed by atoms with Gasteiger partial charge in [-0.05, 0) is 68.2 Å². The van der Waals surface area contributed by atoms with Crippen molar-refractivity contribution in [1.29, 1.82) is 0 Å². The van der Waals surface area contributed by atoms with Gasteiger partial charge in [0.2, 0.25) is 0 Å². The minimum atomic E-state index is -0.348. The summed E-state index contributed by atoms with van der Waals surface area (Å²) in [6.45, 7) is 1.83. The first-order valence-electron chi connectivity index (χ1n) is 10.2. The molecule has 0 saturated heterocycles. The van der Waals surface area contributed by atoms with Crippen molar-refractivity contribution in [2.75, 3.05) is 14.2 Å². The first-order valence-corrected chi connectivity index (χ1v) is 10.2. The maximum Gasteiger partial charge on any atom is 0.355 e. The van der Waals surface area contributed by atoms with E-state index in [0.29, 0.717) is 41.2 Å². The zero-order valence-electron chi connectivity index (χ0n) is 17.2. The van der Waals surface area contributed by atoms with Crippen LogP contribution in [0.2, 0.25) is 0 Å². The lowest BCUT2D eigenvalue weighted by atomic mass is 9.81. The van der Waals surface area contributed by atoms with Crippen molar-refractivity contribution in [1.82, 2.24) is 4.98 Å². The number of Topliss-reactive ketones (excluding diaryl/α,β-unsaturated/α-hetero) is 1. The molecule has 1 aromatic heterocycles. The molecule has 1 atom stereocenters. The molecule has 29 heavy (non-hydrogen) atoms. The molecule has 1 fully saturated rings. The second kappa shape index (κ2) is 7.93. The number of fused-ring (bicyclic) bond motifs is 1. The third kappa shape index (κ3) is 3.63. The van der Waals surface area contributed by atoms with Gasteiger partial charge in [0.05, 0.1) is 14.2 Å². The predicted molar refractivity (Wildman–Crippen MR) is 108 cm³/mol. The highest BCUT2D eigenvalue weighted by molar-refractivity contribution is 6.03. The van der Waals surface area contributed by atoms with Gasteiger partial charge in [-0.15, -0.1) is 0 Å². The number of aromatic nitrogens is 1. The number of nitrogens with one attached hydrogen (secondary N) is 1. The fraction of sp³-hybridized carbons (Fsp3) is 0.478. The lowest BCUT2D eigenvalue weighted by Crippen LogP contribution is -2.18. The zero-order valence-corrected chi connectivity index (χ0v) is 17.2. The third-order valence-corrected chi connectivity index (χ3v) is 6.15. The molecule has 2 aromatic rings. The van der Waals surface area contributed by atoms with Crippen LogP contribution >= 0.6 is 0 Å². The molecule has 6 heteroatoms. The number of carbonyl (C=O) groups is 2. The standard InChI is InChI=1S/C23H27NO5/c1-13-21-17(24-22(13)23(26)29-16-6-4-5-7-16)10-15(11-18(21)25)14-8-9-19(27-2)20(12-14)28-3/h8-9,12,15-16,24H,4-7,10-11H2,1-3H3. The van der Waals surface area contributed by atoms with Crippen molar-refractivity contribution in [3.63, 3.8) is 0 Å². The van der Waals surface area contributed by atoms with E-state index in [-0.39, 0.29) is 23.8 Å². The number of hydrogen-bond donors (Lipinski definition) is 1. The van der Waals surface area contributed by atoms with Crippen LogP contribution in [0, 0.1) is 6.92 Å². The summed E-state index contributed by atoms with van der Waals surface area (Å²) in [7, 11) is 3.20. The molecule has 154 valence electrons. The van der Waals surface area contributed by atoms with E-state index in [0.717, 1.165) is 36.9 Å². The molecular formula is C23H27NO5. The summed E-state index contributed by atoms with van der Waals surface area (Å²) in [5, 5.41) is 0. The van der Waals surface area contributed by atoms with Gasteiger partial charge in [0, 0.05) is 17.7 Å². The van der Waals surface area contributed by atoms with E-state index in [1.807, 2.05) is 25.1 Å². The molecule has 1 N–H and O–H groups in total. The molecule has 1 saturated carbocycles. The van der Waals surface area contributed by atoms with Gasteiger partial charge in [-0.1, -0.05) is 6.07 Å². The minimum absolute atomic E-state index is 0.00237. The third-order valence-electron chi connectivity index (χ3n) is 6.15. The summed E-state index contributed by atoms with van der Waals surface area (Å²) in [5.41, 5.74) is 3.61. The Balaban J connectivity index is 1.59. The van der Waals surface area contributed by atoms with Crippen LogP contribution in [0.25, 0.3) is 0 Å². The normalized spacial score (nSPS) is 19.1. The van der Waals surface area contributed by atoms with Crippen LogP contribution in [0.4, 0.5) is 0 Å². The Bertz CT molecular complexity index is 939. The summed E-state index contributed by atoms with van der Waals surface area (Å²) in [5.74, 6) is 1.03. The number of H-pyrrole nitrogens is 1. The van der Waals surface area contributed by atoms with E-state index in [2.05, 4.69) is 4.98 Å². The summed E-state index contributed by atoms with van der Waals surface area (Å²) >= 11 is 0. The van der Waals surface area contributed by atoms with Gasteiger partial charge < -0.3 is 19.2 Å². The van der Waals surface area contributed by atoms with Crippen LogP contribution in [0.3, 0.4) is 0 Å². The van der Waals surface area contributed by atoms with Crippen molar-refractivity contribution >= 4 is 11.8 Å². The Morgan fingerprint density at radius 3 is 2.48 bits per heavy atom. The second-order valence-corrected chi connectivity index (χ2v) is 7.93. The van der Waals surface area contributed by atoms with E-state index in [1.165, 1.54) is 0 Å². The molecule has 0 radical (unpaired) electrons. The zero-order chi connectivity index (χ0) is 20.5. The van der Waals surface area contributed by atoms with Crippen molar-refractivity contribution in [2.24, 2.45) is 0 Å². The fourth-order valence-corrected chi connectivity index (χ4v) is 4.60. The molecule has 4 rings (SSSR count). The lowest BCUT2D eigenvalue weighted by Gasteiger charge is -2.23. The molecule has 0 spiro atoms. The van der Waals surface area contributed by atoms with Crippen molar-refractivity contribution in [3.05, 3.63) is 46.3 Å². The van der Waals surface area contributed by atoms with E-state index in [1.54, 1.807) is 14.2 Å². The first kappa shape index (κ1) is 19.6. The lowest BCUT2D eigenvalue weighted by molar-refractivity contribution is 0.0310. The fourth-order valence-electron chi connectivity index (χ4n) is 4.60. The van der Waals surface area contributed by atoms with E-state index >= 15 is 0 Å². The quantitative estimate of drug-likeness (QED) is 0.759. The summed E-state index contributed by atoms with van der Waals surface area (Å²) in [6, 6.07) is 5.75. The Labute approximate surface area is 170 Å². The minimum Gasteiger partial charge on any atom is -0.493 e. The number of aromatic amines is 1. The number of methoxy groups -OCH3 is 2. The SMILES string of the molecule is COc1ccc(C2CC(=O)c3c([nH]c(C(=O)OC4CCCC4)c3C)C2)cc1OC. The summed E-state index contributed by atoms with van der Waals surface area (Å²) in [4.78, 5) is 28.8. The highest BCUT2D eigenvalue weighted by atomic mass is 16.5. The number of esters is 1. The maximum absolute atomic E-state index is 12.9. The Morgan fingerprint density at radius 1 is 1.07 bits per heavy atom. The number of rotatable bonds is 5. The van der Waals surface area contributed by atoms with Gasteiger partial charge >= 0.3 is 5.97 Å². The summed E-state index contributed by atoms with van der Waals surface area (Å²) in [6.07, 6.45) is 5.11. The molecule has 6 nitrogen and oxygen atoms in total. The van der Waals surface area contributed by atoms with Gasteiger partial charge in [-0.3, -0.25) is 4.79 Å². The van der Waals surface area contributed by atoms with E-state index in [4.69, 9.17) is 14.2 Å². The first-order chi connectivity index (χ1) is 14.0. The number of hydrogen-bond acceptors (Lipinski definition) is 5. The maximum atomic E-state index is 12.9. The molecule has 1 heterocycles. The smallest absolute Gasteiger partial charge is 0.355 e. The Kier molecular flexibility index (Phi) is 5.35. The highest BCUT2D eigenvalue weighted by Gasteiger charge is 2.33. The van der Waals surface area contributed by atoms with Gasteiger partial charge in [0.15, 0.2) is 17.3 Å². The number of ketones is 1. The molecule has 1 unspecified atom stereocenters. The average molecular weight is 397 g/mol. The molecular weight excluding hydrogens is 370 g/mol. The largest absolute Gasteiger partial charge is 0.493 e. The van der Waals surface area contributed by atoms with Crippen LogP contribution in [0.5, 0.6) is 11.5 Å². The second-order valence-electron chi connectivity index (χ2n) is 7.93. The Morgan fingerprint density at radius 2 is 1.79 bits per heavy atom. The number of carbonyl (C=O) groups excluding carboxylic acids is 2. The molecule has 2 aliphatic carbocycles. The van der Waals surface area contributed by atoms with Crippen molar-refractivity contribution < 1.29 is 23.8 Å². The average Bonchev–Trinajstić information content (AvgIpc) is 3.35. The molecule has 0 amide bonds. The summed E-state index contributed by atoms with van der Waals surface area (Å²) < 4.78 is 16.4. The molecule has 0 bridgehead atoms. The topological polar surface area (TPSA) is 77.6 Å². The number of ether oxygens (including phenoxy) is 3. The van der Waals surface area contributed by atoms with E-state index in [9.17, 15) is 9.59 Å². The van der Waals surface area contributed by atoms with Gasteiger partial charge in [-0.2, -0.15) is 0 Å². The van der Waals surface area contributed by atoms with Crippen molar-refractivity contribution in [2.45, 2.75) is 57.5 Å². The van der Waals surface area contributed by atoms with Crippen LogP contribution in [0.15, 0.2) is 18.2 Å². The molecule has 1 aromatic carbocycles. The van der Waals surface area contributed by atoms with Crippen molar-refractivity contribution in [3.8, 4) is 11.5 Å². The van der Waals surface area contributed by atoms with Gasteiger partial charge in [-0.25, -0.2) is 4.79 Å². The van der Waals surface area contributed by atoms with Gasteiger partial charge in [0.25, 0.3) is 0 Å². The Hall–Kier alpha value is -2.76. The monoisotopic (exact) mass is 397 g/mol. The molecule has 0 aliphatic heterocycles. The van der Waals surface area contributed by atoms with Crippen LogP contribution in [0.1, 0.15) is 75.7 Å². The highest BCUT2D eigenvalue weighted by Crippen LogP contribution is 2.38. The van der Waals surface area contributed by atoms with E-state index < -0.39 is 0 Å². The predicted octanol–water partition coefficient (Wildman–Crippen LogP) is 4.35. The number of benzene rings is 1.